The van der Waals surface area contributed by atoms with E-state index in [1.807, 2.05) is 69.0 Å². The summed E-state index contributed by atoms with van der Waals surface area (Å²) < 4.78 is 31.0. The molecule has 0 aliphatic rings. The fourth-order valence-electron chi connectivity index (χ4n) is 3.53. The van der Waals surface area contributed by atoms with Crippen LogP contribution in [0.5, 0.6) is 5.88 Å². The zero-order chi connectivity index (χ0) is 29.0. The smallest absolute Gasteiger partial charge is 0.345 e. The van der Waals surface area contributed by atoms with Gasteiger partial charge in [0.15, 0.2) is 0 Å². The van der Waals surface area contributed by atoms with Crippen LogP contribution in [0.4, 0.5) is 4.39 Å². The Kier molecular flexibility index (Phi) is 13.2. The standard InChI is InChI=1S/C30H38FNO5S3/c1-5-21-7-9-23(25(31)19-21)24-20-22-8-10-26(32-27(22)37-28(24)33)35-11-13-38-15-17-40-18-16-39-14-12-36-29(34)30(3,4)6-2/h7-10,19-20H,5-6,11-18H2,1-4H3. The molecule has 0 N–H and O–H groups in total. The molecule has 10 heteroatoms. The summed E-state index contributed by atoms with van der Waals surface area (Å²) in [5.74, 6) is 5.68. The monoisotopic (exact) mass is 607 g/mol. The predicted molar refractivity (Wildman–Crippen MR) is 168 cm³/mol. The number of ether oxygens (including phenoxy) is 2. The van der Waals surface area contributed by atoms with E-state index in [-0.39, 0.29) is 22.8 Å². The maximum Gasteiger partial charge on any atom is 0.345 e. The number of benzene rings is 1. The van der Waals surface area contributed by atoms with Gasteiger partial charge >= 0.3 is 11.6 Å². The van der Waals surface area contributed by atoms with Gasteiger partial charge in [0, 0.05) is 51.5 Å². The van der Waals surface area contributed by atoms with E-state index in [4.69, 9.17) is 13.9 Å². The molecule has 2 heterocycles. The first-order valence-electron chi connectivity index (χ1n) is 13.5. The zero-order valence-corrected chi connectivity index (χ0v) is 26.1. The van der Waals surface area contributed by atoms with E-state index in [0.717, 1.165) is 46.5 Å². The lowest BCUT2D eigenvalue weighted by molar-refractivity contribution is -0.153. The van der Waals surface area contributed by atoms with Crippen molar-refractivity contribution >= 4 is 52.4 Å². The van der Waals surface area contributed by atoms with E-state index < -0.39 is 16.9 Å². The van der Waals surface area contributed by atoms with E-state index in [0.29, 0.717) is 30.9 Å². The van der Waals surface area contributed by atoms with Crippen LogP contribution in [0.15, 0.2) is 45.6 Å². The van der Waals surface area contributed by atoms with E-state index in [2.05, 4.69) is 4.98 Å². The molecule has 0 radical (unpaired) electrons. The highest BCUT2D eigenvalue weighted by molar-refractivity contribution is 8.04. The highest BCUT2D eigenvalue weighted by Gasteiger charge is 2.26. The van der Waals surface area contributed by atoms with Crippen LogP contribution >= 0.6 is 35.3 Å². The van der Waals surface area contributed by atoms with Gasteiger partial charge in [0.25, 0.3) is 0 Å². The number of hydrogen-bond acceptors (Lipinski definition) is 9. The van der Waals surface area contributed by atoms with E-state index in [1.165, 1.54) is 6.07 Å². The minimum absolute atomic E-state index is 0.116. The third-order valence-electron chi connectivity index (χ3n) is 6.42. The van der Waals surface area contributed by atoms with Crippen molar-refractivity contribution in [3.8, 4) is 17.0 Å². The van der Waals surface area contributed by atoms with Crippen LogP contribution in [0.25, 0.3) is 22.2 Å². The van der Waals surface area contributed by atoms with Gasteiger partial charge in [-0.25, -0.2) is 9.18 Å². The average molecular weight is 608 g/mol. The number of carbonyl (C=O) groups excluding carboxylic acids is 1. The minimum Gasteiger partial charge on any atom is -0.477 e. The van der Waals surface area contributed by atoms with Gasteiger partial charge in [0.1, 0.15) is 12.4 Å². The molecule has 0 unspecified atom stereocenters. The Balaban J connectivity index is 1.30. The van der Waals surface area contributed by atoms with Crippen molar-refractivity contribution in [2.24, 2.45) is 5.41 Å². The molecule has 0 spiro atoms. The number of thioether (sulfide) groups is 3. The molecule has 0 fully saturated rings. The van der Waals surface area contributed by atoms with Gasteiger partial charge in [0.05, 0.1) is 17.6 Å². The van der Waals surface area contributed by atoms with Gasteiger partial charge < -0.3 is 13.9 Å². The van der Waals surface area contributed by atoms with Gasteiger partial charge in [-0.2, -0.15) is 40.3 Å². The number of carbonyl (C=O) groups is 1. The normalized spacial score (nSPS) is 11.6. The Morgan fingerprint density at radius 1 is 0.925 bits per heavy atom. The second kappa shape index (κ2) is 16.3. The molecule has 3 aromatic rings. The number of pyridine rings is 1. The summed E-state index contributed by atoms with van der Waals surface area (Å²) >= 11 is 5.54. The molecule has 0 aliphatic heterocycles. The number of aromatic nitrogens is 1. The highest BCUT2D eigenvalue weighted by atomic mass is 32.2. The van der Waals surface area contributed by atoms with Gasteiger partial charge in [-0.3, -0.25) is 4.79 Å². The number of nitrogens with zero attached hydrogens (tertiary/aromatic N) is 1. The Bertz CT molecular complexity index is 1310. The lowest BCUT2D eigenvalue weighted by atomic mass is 9.91. The fraction of sp³-hybridized carbons (Fsp3) is 0.500. The van der Waals surface area contributed by atoms with E-state index in [1.54, 1.807) is 24.3 Å². The summed E-state index contributed by atoms with van der Waals surface area (Å²) in [6.45, 7) is 8.74. The molecule has 0 atom stereocenters. The molecular weight excluding hydrogens is 570 g/mol. The van der Waals surface area contributed by atoms with Crippen LogP contribution in [0.1, 0.15) is 39.7 Å². The number of aryl methyl sites for hydroxylation is 1. The zero-order valence-electron chi connectivity index (χ0n) is 23.6. The molecule has 40 heavy (non-hydrogen) atoms. The molecule has 3 rings (SSSR count). The van der Waals surface area contributed by atoms with Crippen molar-refractivity contribution < 1.29 is 23.1 Å². The van der Waals surface area contributed by atoms with Crippen LogP contribution < -0.4 is 10.4 Å². The molecule has 0 bridgehead atoms. The lowest BCUT2D eigenvalue weighted by Gasteiger charge is -2.20. The van der Waals surface area contributed by atoms with Crippen LogP contribution in [0.2, 0.25) is 0 Å². The second-order valence-corrected chi connectivity index (χ2v) is 13.4. The SMILES string of the molecule is CCc1ccc(-c2cc3ccc(OCCSCCSCCSCCOC(=O)C(C)(C)CC)nc3oc2=O)c(F)c1. The van der Waals surface area contributed by atoms with Gasteiger partial charge in [-0.05, 0) is 50.5 Å². The van der Waals surface area contributed by atoms with Crippen molar-refractivity contribution in [2.45, 2.75) is 40.5 Å². The molecule has 0 amide bonds. The van der Waals surface area contributed by atoms with Gasteiger partial charge in [-0.15, -0.1) is 0 Å². The molecule has 0 aliphatic carbocycles. The Hall–Kier alpha value is -2.17. The first-order valence-corrected chi connectivity index (χ1v) is 17.0. The van der Waals surface area contributed by atoms with Crippen LogP contribution in [-0.2, 0) is 16.0 Å². The fourth-order valence-corrected chi connectivity index (χ4v) is 6.43. The number of hydrogen-bond donors (Lipinski definition) is 0. The minimum atomic E-state index is -0.633. The van der Waals surface area contributed by atoms with Crippen molar-refractivity contribution in [2.75, 3.05) is 47.7 Å². The number of fused-ring (bicyclic) bond motifs is 1. The molecular formula is C30H38FNO5S3. The molecule has 2 aromatic heterocycles. The number of halogens is 1. The summed E-state index contributed by atoms with van der Waals surface area (Å²) in [6, 6.07) is 9.97. The number of esters is 1. The largest absolute Gasteiger partial charge is 0.477 e. The first kappa shape index (κ1) is 32.3. The van der Waals surface area contributed by atoms with Gasteiger partial charge in [0.2, 0.25) is 11.6 Å². The molecule has 218 valence electrons. The van der Waals surface area contributed by atoms with Crippen LogP contribution in [-0.4, -0.2) is 58.7 Å². The molecule has 0 saturated carbocycles. The van der Waals surface area contributed by atoms with Crippen molar-refractivity contribution in [3.63, 3.8) is 0 Å². The molecule has 0 saturated heterocycles. The summed E-state index contributed by atoms with van der Waals surface area (Å²) in [6.07, 6.45) is 1.49. The highest BCUT2D eigenvalue weighted by Crippen LogP contribution is 2.25. The Morgan fingerprint density at radius 2 is 1.60 bits per heavy atom. The van der Waals surface area contributed by atoms with Crippen molar-refractivity contribution in [1.82, 2.24) is 4.98 Å². The van der Waals surface area contributed by atoms with Crippen LogP contribution in [0.3, 0.4) is 0 Å². The Morgan fingerprint density at radius 3 is 2.25 bits per heavy atom. The quantitative estimate of drug-likeness (QED) is 0.118. The summed E-state index contributed by atoms with van der Waals surface area (Å²) in [5.41, 5.74) is 0.393. The predicted octanol–water partition coefficient (Wildman–Crippen LogP) is 7.11. The topological polar surface area (TPSA) is 78.6 Å². The van der Waals surface area contributed by atoms with Gasteiger partial charge in [-0.1, -0.05) is 26.0 Å². The Labute approximate surface area is 248 Å². The second-order valence-electron chi connectivity index (χ2n) is 9.72. The summed E-state index contributed by atoms with van der Waals surface area (Å²) in [5, 5.41) is 0.604. The van der Waals surface area contributed by atoms with Crippen molar-refractivity contribution in [1.29, 1.82) is 0 Å². The average Bonchev–Trinajstić information content (AvgIpc) is 2.95. The van der Waals surface area contributed by atoms with Crippen LogP contribution in [0, 0.1) is 11.2 Å². The number of rotatable bonds is 17. The van der Waals surface area contributed by atoms with E-state index >= 15 is 0 Å². The van der Waals surface area contributed by atoms with E-state index in [9.17, 15) is 14.0 Å². The maximum atomic E-state index is 14.5. The summed E-state index contributed by atoms with van der Waals surface area (Å²) in [4.78, 5) is 28.8. The van der Waals surface area contributed by atoms with Crippen molar-refractivity contribution in [3.05, 3.63) is 58.2 Å². The molecule has 1 aromatic carbocycles. The first-order chi connectivity index (χ1) is 19.2. The third kappa shape index (κ3) is 9.73. The maximum absolute atomic E-state index is 14.5. The summed E-state index contributed by atoms with van der Waals surface area (Å²) in [7, 11) is 0. The lowest BCUT2D eigenvalue weighted by Crippen LogP contribution is -2.26. The third-order valence-corrected chi connectivity index (χ3v) is 9.82. The molecule has 6 nitrogen and oxygen atoms in total.